The zero-order chi connectivity index (χ0) is 21.7. The minimum absolute atomic E-state index is 0.141. The van der Waals surface area contributed by atoms with E-state index >= 15 is 0 Å². The van der Waals surface area contributed by atoms with E-state index in [1.54, 1.807) is 24.9 Å². The number of hydrogen-bond acceptors (Lipinski definition) is 7. The molecule has 0 aliphatic carbocycles. The van der Waals surface area contributed by atoms with E-state index in [1.165, 1.54) is 14.2 Å². The van der Waals surface area contributed by atoms with Crippen LogP contribution in [0.15, 0.2) is 36.5 Å². The van der Waals surface area contributed by atoms with E-state index in [4.69, 9.17) is 14.2 Å². The molecule has 1 amide bonds. The van der Waals surface area contributed by atoms with E-state index in [0.29, 0.717) is 23.3 Å². The maximum absolute atomic E-state index is 12.3. The third kappa shape index (κ3) is 4.36. The van der Waals surface area contributed by atoms with Gasteiger partial charge in [-0.25, -0.2) is 9.78 Å². The van der Waals surface area contributed by atoms with Gasteiger partial charge in [0.15, 0.2) is 5.69 Å². The number of carbonyl (C=O) groups is 2. The van der Waals surface area contributed by atoms with Crippen molar-refractivity contribution in [2.24, 2.45) is 7.05 Å². The molecule has 0 fully saturated rings. The lowest BCUT2D eigenvalue weighted by Gasteiger charge is -2.09. The number of benzene rings is 1. The number of amides is 1. The molecule has 1 aromatic carbocycles. The van der Waals surface area contributed by atoms with Gasteiger partial charge in [0.05, 0.1) is 31.8 Å². The molecule has 0 radical (unpaired) electrons. The molecule has 0 saturated carbocycles. The fraction of sp³-hybridized carbons (Fsp3) is 0.286. The van der Waals surface area contributed by atoms with Crippen LogP contribution in [0.25, 0.3) is 11.0 Å². The Balaban J connectivity index is 1.96. The molecule has 2 N–H and O–H groups in total. The molecular formula is C21H24N4O5. The molecule has 30 heavy (non-hydrogen) atoms. The number of rotatable bonds is 8. The van der Waals surface area contributed by atoms with Crippen molar-refractivity contribution in [2.45, 2.75) is 6.54 Å². The molecule has 0 unspecified atom stereocenters. The van der Waals surface area contributed by atoms with Gasteiger partial charge >= 0.3 is 5.97 Å². The first-order valence-electron chi connectivity index (χ1n) is 9.20. The quantitative estimate of drug-likeness (QED) is 0.548. The van der Waals surface area contributed by atoms with Crippen molar-refractivity contribution < 1.29 is 23.8 Å². The summed E-state index contributed by atoms with van der Waals surface area (Å²) in [5, 5.41) is 6.65. The van der Waals surface area contributed by atoms with Crippen LogP contribution in [0.2, 0.25) is 0 Å². The van der Waals surface area contributed by atoms with Gasteiger partial charge in [0.25, 0.3) is 0 Å². The monoisotopic (exact) mass is 412 g/mol. The molecule has 2 aromatic heterocycles. The van der Waals surface area contributed by atoms with Crippen LogP contribution in [0, 0.1) is 0 Å². The zero-order valence-electron chi connectivity index (χ0n) is 17.3. The smallest absolute Gasteiger partial charge is 0.356 e. The fourth-order valence-electron chi connectivity index (χ4n) is 3.16. The molecule has 0 spiro atoms. The van der Waals surface area contributed by atoms with Gasteiger partial charge in [-0.15, -0.1) is 0 Å². The predicted molar refractivity (Wildman–Crippen MR) is 113 cm³/mol. The highest BCUT2D eigenvalue weighted by Crippen LogP contribution is 2.32. The number of carbonyl (C=O) groups excluding carboxylic acids is 2. The summed E-state index contributed by atoms with van der Waals surface area (Å²) >= 11 is 0. The highest BCUT2D eigenvalue weighted by Gasteiger charge is 2.24. The first kappa shape index (κ1) is 21.1. The van der Waals surface area contributed by atoms with Crippen LogP contribution in [0.1, 0.15) is 16.1 Å². The zero-order valence-corrected chi connectivity index (χ0v) is 17.3. The van der Waals surface area contributed by atoms with Crippen molar-refractivity contribution in [1.82, 2.24) is 9.55 Å². The SMILES string of the molecule is COCC(=O)Nc1c(C(=O)OC)n(C)c2ncc(NCc3cccc(OC)c3)cc12. The van der Waals surface area contributed by atoms with Crippen molar-refractivity contribution in [3.8, 4) is 5.75 Å². The van der Waals surface area contributed by atoms with E-state index in [1.807, 2.05) is 30.3 Å². The van der Waals surface area contributed by atoms with Gasteiger partial charge in [-0.2, -0.15) is 0 Å². The van der Waals surface area contributed by atoms with Crippen molar-refractivity contribution >= 4 is 34.3 Å². The normalized spacial score (nSPS) is 10.7. The number of esters is 1. The van der Waals surface area contributed by atoms with E-state index in [-0.39, 0.29) is 18.2 Å². The van der Waals surface area contributed by atoms with E-state index in [0.717, 1.165) is 17.0 Å². The van der Waals surface area contributed by atoms with Gasteiger partial charge in [-0.1, -0.05) is 12.1 Å². The largest absolute Gasteiger partial charge is 0.497 e. The van der Waals surface area contributed by atoms with Gasteiger partial charge < -0.3 is 29.4 Å². The van der Waals surface area contributed by atoms with Crippen LogP contribution in [0.3, 0.4) is 0 Å². The van der Waals surface area contributed by atoms with E-state index in [9.17, 15) is 9.59 Å². The summed E-state index contributed by atoms with van der Waals surface area (Å²) in [6.45, 7) is 0.407. The molecule has 0 aliphatic rings. The number of hydrogen-bond donors (Lipinski definition) is 2. The standard InChI is InChI=1S/C21H24N4O5/c1-25-19(21(27)30-4)18(24-17(26)12-28-2)16-9-14(11-23-20(16)25)22-10-13-6-5-7-15(8-13)29-3/h5-9,11,22H,10,12H2,1-4H3,(H,24,26). The average Bonchev–Trinajstić information content (AvgIpc) is 3.03. The number of aromatic nitrogens is 2. The lowest BCUT2D eigenvalue weighted by Crippen LogP contribution is -2.19. The topological polar surface area (TPSA) is 104 Å². The number of aryl methyl sites for hydroxylation is 1. The Kier molecular flexibility index (Phi) is 6.53. The number of pyridine rings is 1. The Morgan fingerprint density at radius 3 is 2.67 bits per heavy atom. The Morgan fingerprint density at radius 1 is 1.17 bits per heavy atom. The molecule has 0 aliphatic heterocycles. The lowest BCUT2D eigenvalue weighted by atomic mass is 10.2. The lowest BCUT2D eigenvalue weighted by molar-refractivity contribution is -0.119. The molecule has 3 rings (SSSR count). The second-order valence-corrected chi connectivity index (χ2v) is 6.56. The summed E-state index contributed by atoms with van der Waals surface area (Å²) in [6, 6.07) is 9.55. The summed E-state index contributed by atoms with van der Waals surface area (Å²) in [4.78, 5) is 28.9. The van der Waals surface area contributed by atoms with Crippen LogP contribution in [0.5, 0.6) is 5.75 Å². The third-order valence-electron chi connectivity index (χ3n) is 4.58. The second-order valence-electron chi connectivity index (χ2n) is 6.56. The van der Waals surface area contributed by atoms with Crippen LogP contribution < -0.4 is 15.4 Å². The van der Waals surface area contributed by atoms with Crippen LogP contribution in [0.4, 0.5) is 11.4 Å². The molecule has 0 bridgehead atoms. The maximum atomic E-state index is 12.3. The van der Waals surface area contributed by atoms with Gasteiger partial charge in [-0.05, 0) is 23.8 Å². The summed E-state index contributed by atoms with van der Waals surface area (Å²) in [7, 11) is 6.02. The number of ether oxygens (including phenoxy) is 3. The van der Waals surface area contributed by atoms with Gasteiger partial charge in [0.1, 0.15) is 18.0 Å². The minimum atomic E-state index is -0.575. The van der Waals surface area contributed by atoms with Crippen molar-refractivity contribution in [2.75, 3.05) is 38.6 Å². The van der Waals surface area contributed by atoms with Gasteiger partial charge in [0.2, 0.25) is 5.91 Å². The molecule has 2 heterocycles. The molecular weight excluding hydrogens is 388 g/mol. The predicted octanol–water partition coefficient (Wildman–Crippen LogP) is 2.57. The summed E-state index contributed by atoms with van der Waals surface area (Å²) < 4.78 is 16.6. The summed E-state index contributed by atoms with van der Waals surface area (Å²) in [6.07, 6.45) is 1.67. The van der Waals surface area contributed by atoms with Gasteiger partial charge in [0, 0.05) is 26.1 Å². The maximum Gasteiger partial charge on any atom is 0.356 e. The van der Waals surface area contributed by atoms with Crippen molar-refractivity contribution in [3.05, 3.63) is 47.8 Å². The van der Waals surface area contributed by atoms with Crippen LogP contribution in [-0.2, 0) is 27.9 Å². The number of methoxy groups -OCH3 is 3. The average molecular weight is 412 g/mol. The van der Waals surface area contributed by atoms with Crippen molar-refractivity contribution in [3.63, 3.8) is 0 Å². The number of nitrogens with zero attached hydrogens (tertiary/aromatic N) is 2. The minimum Gasteiger partial charge on any atom is -0.497 e. The fourth-order valence-corrected chi connectivity index (χ4v) is 3.16. The number of anilines is 2. The van der Waals surface area contributed by atoms with Gasteiger partial charge in [-0.3, -0.25) is 4.79 Å². The molecule has 0 saturated heterocycles. The molecule has 158 valence electrons. The first-order valence-corrected chi connectivity index (χ1v) is 9.20. The summed E-state index contributed by atoms with van der Waals surface area (Å²) in [5.41, 5.74) is 2.84. The van der Waals surface area contributed by atoms with Crippen LogP contribution in [-0.4, -0.2) is 49.4 Å². The Labute approximate surface area is 173 Å². The second kappa shape index (κ2) is 9.27. The molecule has 9 nitrogen and oxygen atoms in total. The third-order valence-corrected chi connectivity index (χ3v) is 4.58. The first-order chi connectivity index (χ1) is 14.5. The van der Waals surface area contributed by atoms with Crippen molar-refractivity contribution in [1.29, 1.82) is 0 Å². The number of fused-ring (bicyclic) bond motifs is 1. The Hall–Kier alpha value is -3.59. The highest BCUT2D eigenvalue weighted by molar-refractivity contribution is 6.11. The Bertz CT molecular complexity index is 1080. The molecule has 9 heteroatoms. The molecule has 0 atom stereocenters. The van der Waals surface area contributed by atoms with E-state index < -0.39 is 5.97 Å². The number of nitrogens with one attached hydrogen (secondary N) is 2. The highest BCUT2D eigenvalue weighted by atomic mass is 16.5. The molecule has 3 aromatic rings. The Morgan fingerprint density at radius 2 is 1.97 bits per heavy atom. The van der Waals surface area contributed by atoms with Crippen LogP contribution >= 0.6 is 0 Å². The summed E-state index contributed by atoms with van der Waals surface area (Å²) in [5.74, 6) is -0.184. The van der Waals surface area contributed by atoms with E-state index in [2.05, 4.69) is 15.6 Å².